The minimum Gasteiger partial charge on any atom is -0.397 e. The quantitative estimate of drug-likeness (QED) is 0.779. The first kappa shape index (κ1) is 13.9. The van der Waals surface area contributed by atoms with Gasteiger partial charge in [0.1, 0.15) is 0 Å². The highest BCUT2D eigenvalue weighted by molar-refractivity contribution is 5.71. The number of rotatable bonds is 4. The van der Waals surface area contributed by atoms with E-state index >= 15 is 0 Å². The van der Waals surface area contributed by atoms with Crippen molar-refractivity contribution in [1.82, 2.24) is 0 Å². The third-order valence-electron chi connectivity index (χ3n) is 3.67. The van der Waals surface area contributed by atoms with E-state index in [0.717, 1.165) is 17.8 Å². The largest absolute Gasteiger partial charge is 0.397 e. The van der Waals surface area contributed by atoms with E-state index in [-0.39, 0.29) is 5.41 Å². The normalized spacial score (nSPS) is 11.8. The molecular formula is C15H26N2. The summed E-state index contributed by atoms with van der Waals surface area (Å²) in [4.78, 5) is 0. The van der Waals surface area contributed by atoms with Gasteiger partial charge in [0, 0.05) is 0 Å². The predicted octanol–water partition coefficient (Wildman–Crippen LogP) is 3.80. The second-order valence-electron chi connectivity index (χ2n) is 5.53. The van der Waals surface area contributed by atoms with Crippen molar-refractivity contribution >= 4 is 11.4 Å². The molecule has 0 unspecified atom stereocenters. The third-order valence-corrected chi connectivity index (χ3v) is 3.67. The van der Waals surface area contributed by atoms with Crippen molar-refractivity contribution in [2.24, 2.45) is 0 Å². The lowest BCUT2D eigenvalue weighted by molar-refractivity contribution is 0.467. The number of hydrogen-bond acceptors (Lipinski definition) is 2. The van der Waals surface area contributed by atoms with Gasteiger partial charge < -0.3 is 11.5 Å². The van der Waals surface area contributed by atoms with Crippen LogP contribution in [0, 0.1) is 6.92 Å². The molecular weight excluding hydrogens is 208 g/mol. The van der Waals surface area contributed by atoms with Crippen LogP contribution >= 0.6 is 0 Å². The first-order valence-corrected chi connectivity index (χ1v) is 6.53. The average Bonchev–Trinajstić information content (AvgIpc) is 2.24. The van der Waals surface area contributed by atoms with E-state index in [9.17, 15) is 0 Å². The highest BCUT2D eigenvalue weighted by Gasteiger charge is 2.25. The molecule has 0 aliphatic carbocycles. The monoisotopic (exact) mass is 234 g/mol. The Hall–Kier alpha value is -1.18. The van der Waals surface area contributed by atoms with E-state index in [2.05, 4.69) is 40.7 Å². The molecule has 4 N–H and O–H groups in total. The molecule has 0 aliphatic heterocycles. The molecule has 1 aromatic rings. The average molecular weight is 234 g/mol. The fourth-order valence-electron chi connectivity index (χ4n) is 2.90. The molecule has 0 spiro atoms. The predicted molar refractivity (Wildman–Crippen MR) is 77.3 cm³/mol. The van der Waals surface area contributed by atoms with Crippen LogP contribution < -0.4 is 11.5 Å². The Morgan fingerprint density at radius 3 is 2.24 bits per heavy atom. The van der Waals surface area contributed by atoms with E-state index in [1.807, 2.05) is 0 Å². The number of aryl methyl sites for hydroxylation is 1. The third kappa shape index (κ3) is 2.56. The van der Waals surface area contributed by atoms with Crippen molar-refractivity contribution < 1.29 is 0 Å². The molecule has 0 aliphatic rings. The van der Waals surface area contributed by atoms with Crippen LogP contribution in [0.3, 0.4) is 0 Å². The van der Waals surface area contributed by atoms with E-state index in [4.69, 9.17) is 11.5 Å². The summed E-state index contributed by atoms with van der Waals surface area (Å²) in [6, 6.07) is 2.05. The van der Waals surface area contributed by atoms with Crippen molar-refractivity contribution in [1.29, 1.82) is 0 Å². The summed E-state index contributed by atoms with van der Waals surface area (Å²) in [6.07, 6.45) is 3.36. The first-order chi connectivity index (χ1) is 7.85. The second-order valence-corrected chi connectivity index (χ2v) is 5.53. The SMILES string of the molecule is CCCC(C)(C)c1c(CC)cc(N)c(N)c1C. The summed E-state index contributed by atoms with van der Waals surface area (Å²) in [7, 11) is 0. The Balaban J connectivity index is 3.45. The van der Waals surface area contributed by atoms with E-state index in [0.29, 0.717) is 0 Å². The summed E-state index contributed by atoms with van der Waals surface area (Å²) in [6.45, 7) is 11.1. The Morgan fingerprint density at radius 2 is 1.76 bits per heavy atom. The zero-order chi connectivity index (χ0) is 13.2. The lowest BCUT2D eigenvalue weighted by Crippen LogP contribution is -2.22. The van der Waals surface area contributed by atoms with Crippen molar-refractivity contribution in [3.63, 3.8) is 0 Å². The maximum Gasteiger partial charge on any atom is 0.0580 e. The molecule has 0 atom stereocenters. The van der Waals surface area contributed by atoms with Crippen molar-refractivity contribution in [2.45, 2.75) is 59.3 Å². The second kappa shape index (κ2) is 4.99. The van der Waals surface area contributed by atoms with Gasteiger partial charge in [0.15, 0.2) is 0 Å². The van der Waals surface area contributed by atoms with Gasteiger partial charge in [0.2, 0.25) is 0 Å². The zero-order valence-electron chi connectivity index (χ0n) is 11.9. The molecule has 17 heavy (non-hydrogen) atoms. The van der Waals surface area contributed by atoms with Gasteiger partial charge in [-0.05, 0) is 47.9 Å². The van der Waals surface area contributed by atoms with Gasteiger partial charge in [-0.1, -0.05) is 34.1 Å². The van der Waals surface area contributed by atoms with Crippen LogP contribution in [0.25, 0.3) is 0 Å². The van der Waals surface area contributed by atoms with E-state index in [1.54, 1.807) is 0 Å². The maximum absolute atomic E-state index is 6.07. The van der Waals surface area contributed by atoms with Crippen LogP contribution in [-0.2, 0) is 11.8 Å². The van der Waals surface area contributed by atoms with Crippen LogP contribution in [0.4, 0.5) is 11.4 Å². The van der Waals surface area contributed by atoms with Crippen LogP contribution in [0.1, 0.15) is 57.2 Å². The van der Waals surface area contributed by atoms with Gasteiger partial charge in [-0.3, -0.25) is 0 Å². The minimum atomic E-state index is 0.173. The molecule has 0 amide bonds. The number of benzene rings is 1. The Bertz CT molecular complexity index is 406. The van der Waals surface area contributed by atoms with E-state index in [1.165, 1.54) is 29.5 Å². The lowest BCUT2D eigenvalue weighted by Gasteiger charge is -2.30. The minimum absolute atomic E-state index is 0.173. The van der Waals surface area contributed by atoms with Crippen molar-refractivity contribution in [3.8, 4) is 0 Å². The smallest absolute Gasteiger partial charge is 0.0580 e. The summed E-state index contributed by atoms with van der Waals surface area (Å²) in [5.74, 6) is 0. The molecule has 0 radical (unpaired) electrons. The van der Waals surface area contributed by atoms with E-state index < -0.39 is 0 Å². The summed E-state index contributed by atoms with van der Waals surface area (Å²) < 4.78 is 0. The summed E-state index contributed by atoms with van der Waals surface area (Å²) in [5.41, 5.74) is 17.6. The lowest BCUT2D eigenvalue weighted by atomic mass is 9.75. The molecule has 0 saturated carbocycles. The fraction of sp³-hybridized carbons (Fsp3) is 0.600. The van der Waals surface area contributed by atoms with Gasteiger partial charge in [0.25, 0.3) is 0 Å². The molecule has 2 heteroatoms. The number of hydrogen-bond donors (Lipinski definition) is 2. The highest BCUT2D eigenvalue weighted by atomic mass is 14.7. The Morgan fingerprint density at radius 1 is 1.18 bits per heavy atom. The fourth-order valence-corrected chi connectivity index (χ4v) is 2.90. The molecule has 0 heterocycles. The number of anilines is 2. The van der Waals surface area contributed by atoms with Crippen LogP contribution in [0.15, 0.2) is 6.07 Å². The molecule has 2 nitrogen and oxygen atoms in total. The molecule has 1 rings (SSSR count). The molecule has 96 valence electrons. The summed E-state index contributed by atoms with van der Waals surface area (Å²) >= 11 is 0. The Kier molecular flexibility index (Phi) is 4.07. The molecule has 0 bridgehead atoms. The van der Waals surface area contributed by atoms with Gasteiger partial charge in [0.05, 0.1) is 11.4 Å². The van der Waals surface area contributed by atoms with Gasteiger partial charge in [-0.2, -0.15) is 0 Å². The van der Waals surface area contributed by atoms with Crippen molar-refractivity contribution in [2.75, 3.05) is 11.5 Å². The number of nitrogen functional groups attached to an aromatic ring is 2. The van der Waals surface area contributed by atoms with Crippen LogP contribution in [0.5, 0.6) is 0 Å². The highest BCUT2D eigenvalue weighted by Crippen LogP contribution is 2.38. The van der Waals surface area contributed by atoms with Gasteiger partial charge >= 0.3 is 0 Å². The molecule has 0 saturated heterocycles. The summed E-state index contributed by atoms with van der Waals surface area (Å²) in [5, 5.41) is 0. The van der Waals surface area contributed by atoms with Crippen molar-refractivity contribution in [3.05, 3.63) is 22.8 Å². The van der Waals surface area contributed by atoms with Crippen LogP contribution in [0.2, 0.25) is 0 Å². The maximum atomic E-state index is 6.07. The molecule has 0 fully saturated rings. The number of nitrogens with two attached hydrogens (primary N) is 2. The standard InChI is InChI=1S/C15H26N2/c1-6-8-15(4,5)13-10(3)14(17)12(16)9-11(13)7-2/h9H,6-8,16-17H2,1-5H3. The molecule has 1 aromatic carbocycles. The first-order valence-electron chi connectivity index (χ1n) is 6.53. The van der Waals surface area contributed by atoms with Gasteiger partial charge in [-0.25, -0.2) is 0 Å². The van der Waals surface area contributed by atoms with Gasteiger partial charge in [-0.15, -0.1) is 0 Å². The zero-order valence-corrected chi connectivity index (χ0v) is 11.9. The Labute approximate surface area is 105 Å². The topological polar surface area (TPSA) is 52.0 Å². The molecule has 0 aromatic heterocycles. The van der Waals surface area contributed by atoms with Crippen LogP contribution in [-0.4, -0.2) is 0 Å².